The van der Waals surface area contributed by atoms with Crippen molar-refractivity contribution in [1.29, 1.82) is 0 Å². The van der Waals surface area contributed by atoms with E-state index < -0.39 is 0 Å². The summed E-state index contributed by atoms with van der Waals surface area (Å²) < 4.78 is 0. The number of rotatable bonds is 5. The minimum Gasteiger partial charge on any atom is -0.313 e. The Morgan fingerprint density at radius 1 is 1.21 bits per heavy atom. The lowest BCUT2D eigenvalue weighted by Gasteiger charge is -2.38. The van der Waals surface area contributed by atoms with Crippen LogP contribution in [0.4, 0.5) is 0 Å². The van der Waals surface area contributed by atoms with Crippen molar-refractivity contribution in [1.82, 2.24) is 5.32 Å². The second kappa shape index (κ2) is 6.39. The Kier molecular flexibility index (Phi) is 5.28. The average molecular weight is 284 g/mol. The van der Waals surface area contributed by atoms with E-state index in [-0.39, 0.29) is 0 Å². The molecule has 2 heteroatoms. The lowest BCUT2D eigenvalue weighted by molar-refractivity contribution is 0.205. The van der Waals surface area contributed by atoms with E-state index in [1.54, 1.807) is 0 Å². The summed E-state index contributed by atoms with van der Waals surface area (Å²) in [7, 11) is 0. The van der Waals surface area contributed by atoms with Crippen molar-refractivity contribution in [3.05, 3.63) is 0 Å². The van der Waals surface area contributed by atoms with Crippen LogP contribution in [0.5, 0.6) is 0 Å². The highest BCUT2D eigenvalue weighted by molar-refractivity contribution is 7.99. The van der Waals surface area contributed by atoms with Crippen LogP contribution in [0, 0.1) is 16.7 Å². The van der Waals surface area contributed by atoms with Crippen LogP contribution in [-0.2, 0) is 0 Å². The topological polar surface area (TPSA) is 12.0 Å². The molecule has 1 unspecified atom stereocenters. The molecule has 1 saturated carbocycles. The van der Waals surface area contributed by atoms with Gasteiger partial charge in [-0.25, -0.2) is 0 Å². The van der Waals surface area contributed by atoms with Crippen LogP contribution in [0.1, 0.15) is 66.2 Å². The van der Waals surface area contributed by atoms with Crippen molar-refractivity contribution < 1.29 is 0 Å². The van der Waals surface area contributed by atoms with Gasteiger partial charge in [-0.3, -0.25) is 0 Å². The fourth-order valence-corrected chi connectivity index (χ4v) is 5.51. The van der Waals surface area contributed by atoms with Gasteiger partial charge in [-0.15, -0.1) is 0 Å². The SMILES string of the molecule is CC(C)CC1(CNC2CSCC(C)(C)C2)CCCC1. The minimum absolute atomic E-state index is 0.529. The lowest BCUT2D eigenvalue weighted by Crippen LogP contribution is -2.45. The van der Waals surface area contributed by atoms with Gasteiger partial charge in [0.15, 0.2) is 0 Å². The molecule has 0 spiro atoms. The van der Waals surface area contributed by atoms with E-state index in [0.29, 0.717) is 10.8 Å². The zero-order chi connectivity index (χ0) is 13.9. The third-order valence-corrected chi connectivity index (χ3v) is 6.51. The van der Waals surface area contributed by atoms with E-state index in [4.69, 9.17) is 0 Å². The van der Waals surface area contributed by atoms with E-state index in [0.717, 1.165) is 12.0 Å². The molecule has 0 aromatic rings. The molecule has 0 amide bonds. The molecule has 1 nitrogen and oxygen atoms in total. The zero-order valence-corrected chi connectivity index (χ0v) is 14.2. The molecule has 0 aromatic heterocycles. The highest BCUT2D eigenvalue weighted by Gasteiger charge is 2.36. The van der Waals surface area contributed by atoms with Crippen LogP contribution >= 0.6 is 11.8 Å². The number of hydrogen-bond donors (Lipinski definition) is 1. The van der Waals surface area contributed by atoms with Crippen molar-refractivity contribution in [2.24, 2.45) is 16.7 Å². The van der Waals surface area contributed by atoms with E-state index in [2.05, 4.69) is 44.8 Å². The minimum atomic E-state index is 0.529. The number of hydrogen-bond acceptors (Lipinski definition) is 2. The summed E-state index contributed by atoms with van der Waals surface area (Å²) in [6, 6.07) is 0.749. The molecule has 0 aromatic carbocycles. The number of nitrogens with one attached hydrogen (secondary N) is 1. The third-order valence-electron chi connectivity index (χ3n) is 4.88. The molecule has 2 fully saturated rings. The Hall–Kier alpha value is 0.310. The molecule has 1 heterocycles. The van der Waals surface area contributed by atoms with Gasteiger partial charge in [-0.05, 0) is 48.2 Å². The van der Waals surface area contributed by atoms with Crippen molar-refractivity contribution in [3.63, 3.8) is 0 Å². The first-order valence-electron chi connectivity index (χ1n) is 8.22. The zero-order valence-electron chi connectivity index (χ0n) is 13.4. The molecule has 2 aliphatic rings. The second-order valence-corrected chi connectivity index (χ2v) is 9.30. The van der Waals surface area contributed by atoms with E-state index in [1.165, 1.54) is 56.6 Å². The lowest BCUT2D eigenvalue weighted by atomic mass is 9.78. The van der Waals surface area contributed by atoms with Gasteiger partial charge in [0.25, 0.3) is 0 Å². The summed E-state index contributed by atoms with van der Waals surface area (Å²) in [5.41, 5.74) is 1.15. The van der Waals surface area contributed by atoms with Gasteiger partial charge in [0, 0.05) is 18.3 Å². The largest absolute Gasteiger partial charge is 0.313 e. The molecule has 2 rings (SSSR count). The van der Waals surface area contributed by atoms with Crippen LogP contribution < -0.4 is 5.32 Å². The quantitative estimate of drug-likeness (QED) is 0.784. The Bertz CT molecular complexity index is 279. The molecule has 19 heavy (non-hydrogen) atoms. The van der Waals surface area contributed by atoms with Crippen LogP contribution in [0.25, 0.3) is 0 Å². The molecule has 1 saturated heterocycles. The van der Waals surface area contributed by atoms with Gasteiger partial charge in [-0.1, -0.05) is 40.5 Å². The standard InChI is InChI=1S/C17H33NS/c1-14(2)9-17(7-5-6-8-17)12-18-15-10-16(3,4)13-19-11-15/h14-15,18H,5-13H2,1-4H3. The predicted octanol–water partition coefficient (Wildman–Crippen LogP) is 4.71. The van der Waals surface area contributed by atoms with E-state index >= 15 is 0 Å². The molecule has 1 N–H and O–H groups in total. The molecule has 1 aliphatic heterocycles. The smallest absolute Gasteiger partial charge is 0.0163 e. The van der Waals surface area contributed by atoms with E-state index in [9.17, 15) is 0 Å². The van der Waals surface area contributed by atoms with Crippen molar-refractivity contribution in [2.75, 3.05) is 18.1 Å². The van der Waals surface area contributed by atoms with Gasteiger partial charge >= 0.3 is 0 Å². The fraction of sp³-hybridized carbons (Fsp3) is 1.00. The van der Waals surface area contributed by atoms with Gasteiger partial charge in [0.05, 0.1) is 0 Å². The highest BCUT2D eigenvalue weighted by atomic mass is 32.2. The average Bonchev–Trinajstić information content (AvgIpc) is 2.73. The maximum absolute atomic E-state index is 3.94. The molecule has 0 radical (unpaired) electrons. The highest BCUT2D eigenvalue weighted by Crippen LogP contribution is 2.43. The summed E-state index contributed by atoms with van der Waals surface area (Å²) in [4.78, 5) is 0. The van der Waals surface area contributed by atoms with Gasteiger partial charge < -0.3 is 5.32 Å². The molecule has 0 bridgehead atoms. The van der Waals surface area contributed by atoms with Crippen molar-refractivity contribution in [2.45, 2.75) is 72.3 Å². The Morgan fingerprint density at radius 3 is 2.47 bits per heavy atom. The molecular formula is C17H33NS. The summed E-state index contributed by atoms with van der Waals surface area (Å²) in [5.74, 6) is 3.50. The van der Waals surface area contributed by atoms with Crippen LogP contribution in [0.2, 0.25) is 0 Å². The first-order valence-corrected chi connectivity index (χ1v) is 9.38. The Balaban J connectivity index is 1.85. The Morgan fingerprint density at radius 2 is 1.89 bits per heavy atom. The summed E-state index contributed by atoms with van der Waals surface area (Å²) in [6.45, 7) is 10.9. The monoisotopic (exact) mass is 283 g/mol. The third kappa shape index (κ3) is 4.67. The van der Waals surface area contributed by atoms with Crippen LogP contribution in [0.3, 0.4) is 0 Å². The first kappa shape index (κ1) is 15.7. The Labute approximate surface area is 124 Å². The molecule has 112 valence electrons. The van der Waals surface area contributed by atoms with Gasteiger partial charge in [-0.2, -0.15) is 11.8 Å². The van der Waals surface area contributed by atoms with Crippen molar-refractivity contribution in [3.8, 4) is 0 Å². The van der Waals surface area contributed by atoms with Gasteiger partial charge in [0.2, 0.25) is 0 Å². The first-order chi connectivity index (χ1) is 8.91. The van der Waals surface area contributed by atoms with Crippen molar-refractivity contribution >= 4 is 11.8 Å². The summed E-state index contributed by atoms with van der Waals surface area (Å²) >= 11 is 2.14. The maximum atomic E-state index is 3.94. The number of thioether (sulfide) groups is 1. The predicted molar refractivity (Wildman–Crippen MR) is 87.9 cm³/mol. The van der Waals surface area contributed by atoms with Crippen LogP contribution in [-0.4, -0.2) is 24.1 Å². The summed E-state index contributed by atoms with van der Waals surface area (Å²) in [6.07, 6.45) is 8.61. The summed E-state index contributed by atoms with van der Waals surface area (Å²) in [5, 5.41) is 3.94. The molecule has 1 aliphatic carbocycles. The second-order valence-electron chi connectivity index (χ2n) is 8.27. The van der Waals surface area contributed by atoms with Crippen LogP contribution in [0.15, 0.2) is 0 Å². The van der Waals surface area contributed by atoms with E-state index in [1.807, 2.05) is 0 Å². The normalized spacial score (nSPS) is 29.8. The molecule has 1 atom stereocenters. The molecular weight excluding hydrogens is 250 g/mol. The fourth-order valence-electron chi connectivity index (χ4n) is 4.20. The maximum Gasteiger partial charge on any atom is 0.0163 e. The van der Waals surface area contributed by atoms with Gasteiger partial charge in [0.1, 0.15) is 0 Å².